The highest BCUT2D eigenvalue weighted by Gasteiger charge is 2.39. The van der Waals surface area contributed by atoms with Gasteiger partial charge in [0.1, 0.15) is 5.65 Å². The molecule has 5 heteroatoms. The molecule has 0 unspecified atom stereocenters. The first-order chi connectivity index (χ1) is 9.35. The number of nitrogens with one attached hydrogen (secondary N) is 1. The Labute approximate surface area is 111 Å². The molecule has 2 saturated heterocycles. The van der Waals surface area contributed by atoms with Crippen LogP contribution in [-0.4, -0.2) is 42.1 Å². The maximum atomic E-state index is 5.75. The lowest BCUT2D eigenvalue weighted by Crippen LogP contribution is -2.45. The number of hydrogen-bond acceptors (Lipinski definition) is 4. The van der Waals surface area contributed by atoms with Crippen LogP contribution in [0.5, 0.6) is 0 Å². The van der Waals surface area contributed by atoms with Gasteiger partial charge in [-0.2, -0.15) is 0 Å². The van der Waals surface area contributed by atoms with Gasteiger partial charge in [0.25, 0.3) is 0 Å². The van der Waals surface area contributed by atoms with Gasteiger partial charge in [-0.1, -0.05) is 0 Å². The fourth-order valence-corrected chi connectivity index (χ4v) is 2.99. The van der Waals surface area contributed by atoms with E-state index in [-0.39, 0.29) is 5.79 Å². The number of nitrogens with zero attached hydrogens (tertiary/aromatic N) is 2. The van der Waals surface area contributed by atoms with Gasteiger partial charge in [0.05, 0.1) is 25.1 Å². The third kappa shape index (κ3) is 1.89. The third-order valence-corrected chi connectivity index (χ3v) is 4.09. The summed E-state index contributed by atoms with van der Waals surface area (Å²) >= 11 is 0. The van der Waals surface area contributed by atoms with Crippen molar-refractivity contribution in [1.82, 2.24) is 9.97 Å². The molecule has 1 spiro atoms. The van der Waals surface area contributed by atoms with Gasteiger partial charge < -0.3 is 19.4 Å². The summed E-state index contributed by atoms with van der Waals surface area (Å²) in [6.07, 6.45) is 5.72. The molecule has 2 fully saturated rings. The summed E-state index contributed by atoms with van der Waals surface area (Å²) in [4.78, 5) is 9.92. The average Bonchev–Trinajstić information content (AvgIpc) is 3.08. The van der Waals surface area contributed by atoms with E-state index in [1.54, 1.807) is 0 Å². The van der Waals surface area contributed by atoms with Crippen LogP contribution < -0.4 is 4.90 Å². The van der Waals surface area contributed by atoms with Gasteiger partial charge in [0, 0.05) is 37.5 Å². The highest BCUT2D eigenvalue weighted by Crippen LogP contribution is 2.33. The van der Waals surface area contributed by atoms with Crippen molar-refractivity contribution in [1.29, 1.82) is 0 Å². The summed E-state index contributed by atoms with van der Waals surface area (Å²) in [5.41, 5.74) is 2.12. The number of fused-ring (bicyclic) bond motifs is 1. The van der Waals surface area contributed by atoms with Crippen molar-refractivity contribution in [2.45, 2.75) is 18.6 Å². The molecule has 4 heterocycles. The molecule has 0 aliphatic carbocycles. The lowest BCUT2D eigenvalue weighted by molar-refractivity contribution is -0.169. The van der Waals surface area contributed by atoms with Crippen LogP contribution in [0.2, 0.25) is 0 Å². The van der Waals surface area contributed by atoms with Gasteiger partial charge in [0.15, 0.2) is 5.79 Å². The monoisotopic (exact) mass is 259 g/mol. The smallest absolute Gasteiger partial charge is 0.171 e. The minimum atomic E-state index is -0.303. The Morgan fingerprint density at radius 3 is 2.79 bits per heavy atom. The second kappa shape index (κ2) is 4.21. The first-order valence-corrected chi connectivity index (χ1v) is 6.81. The van der Waals surface area contributed by atoms with Gasteiger partial charge in [-0.15, -0.1) is 0 Å². The van der Waals surface area contributed by atoms with Crippen LogP contribution >= 0.6 is 0 Å². The Kier molecular flexibility index (Phi) is 2.50. The largest absolute Gasteiger partial charge is 0.370 e. The van der Waals surface area contributed by atoms with Crippen molar-refractivity contribution in [3.8, 4) is 0 Å². The lowest BCUT2D eigenvalue weighted by atomic mass is 10.0. The Balaban J connectivity index is 1.54. The van der Waals surface area contributed by atoms with E-state index in [4.69, 9.17) is 9.47 Å². The summed E-state index contributed by atoms with van der Waals surface area (Å²) < 4.78 is 11.5. The van der Waals surface area contributed by atoms with Crippen LogP contribution in [0.4, 0.5) is 5.69 Å². The predicted octanol–water partition coefficient (Wildman–Crippen LogP) is 1.91. The molecule has 0 atom stereocenters. The van der Waals surface area contributed by atoms with Crippen LogP contribution in [0, 0.1) is 0 Å². The molecule has 0 saturated carbocycles. The SMILES string of the molecule is c1cc2cc(N3CCC4(CC3)OCCO4)cnc2[nH]1. The van der Waals surface area contributed by atoms with E-state index in [2.05, 4.69) is 27.0 Å². The summed E-state index contributed by atoms with van der Waals surface area (Å²) in [6, 6.07) is 4.24. The Hall–Kier alpha value is -1.59. The normalized spacial score (nSPS) is 22.4. The molecule has 0 radical (unpaired) electrons. The summed E-state index contributed by atoms with van der Waals surface area (Å²) in [6.45, 7) is 3.38. The van der Waals surface area contributed by atoms with Crippen LogP contribution in [-0.2, 0) is 9.47 Å². The quantitative estimate of drug-likeness (QED) is 0.850. The Morgan fingerprint density at radius 1 is 1.21 bits per heavy atom. The first kappa shape index (κ1) is 11.3. The van der Waals surface area contributed by atoms with E-state index in [1.165, 1.54) is 5.69 Å². The van der Waals surface area contributed by atoms with Crippen LogP contribution in [0.3, 0.4) is 0 Å². The van der Waals surface area contributed by atoms with Crippen molar-refractivity contribution >= 4 is 16.7 Å². The van der Waals surface area contributed by atoms with E-state index >= 15 is 0 Å². The van der Waals surface area contributed by atoms with Crippen LogP contribution in [0.15, 0.2) is 24.5 Å². The van der Waals surface area contributed by atoms with E-state index in [9.17, 15) is 0 Å². The van der Waals surface area contributed by atoms with Crippen molar-refractivity contribution in [2.75, 3.05) is 31.2 Å². The number of aromatic amines is 1. The molecule has 2 aromatic heterocycles. The van der Waals surface area contributed by atoms with Crippen molar-refractivity contribution in [3.63, 3.8) is 0 Å². The van der Waals surface area contributed by atoms with Crippen molar-refractivity contribution in [3.05, 3.63) is 24.5 Å². The minimum Gasteiger partial charge on any atom is -0.370 e. The second-order valence-corrected chi connectivity index (χ2v) is 5.20. The molecular formula is C14H17N3O2. The number of aromatic nitrogens is 2. The maximum Gasteiger partial charge on any atom is 0.171 e. The standard InChI is InChI=1S/C14H17N3O2/c1-4-15-13-11(1)9-12(10-16-13)17-5-2-14(3-6-17)18-7-8-19-14/h1,4,9-10H,2-3,5-8H2,(H,15,16). The van der Waals surface area contributed by atoms with Gasteiger partial charge in [-0.25, -0.2) is 4.98 Å². The molecular weight excluding hydrogens is 242 g/mol. The fraction of sp³-hybridized carbons (Fsp3) is 0.500. The number of piperidine rings is 1. The summed E-state index contributed by atoms with van der Waals surface area (Å²) in [7, 11) is 0. The Bertz CT molecular complexity index is 579. The molecule has 19 heavy (non-hydrogen) atoms. The van der Waals surface area contributed by atoms with Gasteiger partial charge in [-0.05, 0) is 12.1 Å². The van der Waals surface area contributed by atoms with Gasteiger partial charge in [-0.3, -0.25) is 0 Å². The predicted molar refractivity (Wildman–Crippen MR) is 72.2 cm³/mol. The van der Waals surface area contributed by atoms with E-state index < -0.39 is 0 Å². The van der Waals surface area contributed by atoms with Crippen molar-refractivity contribution < 1.29 is 9.47 Å². The molecule has 100 valence electrons. The molecule has 2 aliphatic rings. The molecule has 0 aromatic carbocycles. The minimum absolute atomic E-state index is 0.303. The third-order valence-electron chi connectivity index (χ3n) is 4.09. The van der Waals surface area contributed by atoms with Gasteiger partial charge >= 0.3 is 0 Å². The van der Waals surface area contributed by atoms with E-state index in [1.807, 2.05) is 12.4 Å². The molecule has 1 N–H and O–H groups in total. The van der Waals surface area contributed by atoms with E-state index in [0.717, 1.165) is 50.2 Å². The zero-order valence-corrected chi connectivity index (χ0v) is 10.8. The molecule has 2 aromatic rings. The first-order valence-electron chi connectivity index (χ1n) is 6.81. The molecule has 4 rings (SSSR count). The maximum absolute atomic E-state index is 5.75. The van der Waals surface area contributed by atoms with Crippen LogP contribution in [0.1, 0.15) is 12.8 Å². The fourth-order valence-electron chi connectivity index (χ4n) is 2.99. The molecule has 0 bridgehead atoms. The number of ether oxygens (including phenoxy) is 2. The number of anilines is 1. The van der Waals surface area contributed by atoms with Crippen molar-refractivity contribution in [2.24, 2.45) is 0 Å². The number of hydrogen-bond donors (Lipinski definition) is 1. The lowest BCUT2D eigenvalue weighted by Gasteiger charge is -2.38. The molecule has 0 amide bonds. The molecule has 2 aliphatic heterocycles. The van der Waals surface area contributed by atoms with Crippen LogP contribution in [0.25, 0.3) is 11.0 Å². The number of rotatable bonds is 1. The highest BCUT2D eigenvalue weighted by molar-refractivity contribution is 5.79. The Morgan fingerprint density at radius 2 is 2.00 bits per heavy atom. The average molecular weight is 259 g/mol. The van der Waals surface area contributed by atoms with Gasteiger partial charge in [0.2, 0.25) is 0 Å². The summed E-state index contributed by atoms with van der Waals surface area (Å²) in [5, 5.41) is 1.16. The highest BCUT2D eigenvalue weighted by atomic mass is 16.7. The van der Waals surface area contributed by atoms with E-state index in [0.29, 0.717) is 0 Å². The number of pyridine rings is 1. The summed E-state index contributed by atoms with van der Waals surface area (Å²) in [5.74, 6) is -0.303. The molecule has 5 nitrogen and oxygen atoms in total. The topological polar surface area (TPSA) is 50.4 Å². The number of H-pyrrole nitrogens is 1. The second-order valence-electron chi connectivity index (χ2n) is 5.20. The zero-order valence-electron chi connectivity index (χ0n) is 10.8. The zero-order chi connectivity index (χ0) is 12.7.